The summed E-state index contributed by atoms with van der Waals surface area (Å²) in [6.07, 6.45) is 2.20. The Labute approximate surface area is 123 Å². The Morgan fingerprint density at radius 3 is 2.90 bits per heavy atom. The minimum Gasteiger partial charge on any atom is -0.481 e. The molecule has 0 radical (unpaired) electrons. The van der Waals surface area contributed by atoms with Gasteiger partial charge in [0.25, 0.3) is 0 Å². The smallest absolute Gasteiger partial charge is 0.303 e. The molecule has 20 heavy (non-hydrogen) atoms. The second-order valence-electron chi connectivity index (χ2n) is 5.47. The molecule has 1 aromatic rings. The van der Waals surface area contributed by atoms with E-state index in [0.717, 1.165) is 19.4 Å². The fourth-order valence-corrected chi connectivity index (χ4v) is 3.85. The van der Waals surface area contributed by atoms with Crippen molar-refractivity contribution in [2.24, 2.45) is 5.92 Å². The fourth-order valence-electron chi connectivity index (χ4n) is 2.92. The molecule has 2 unspecified atom stereocenters. The highest BCUT2D eigenvalue weighted by Gasteiger charge is 2.30. The Morgan fingerprint density at radius 1 is 1.50 bits per heavy atom. The van der Waals surface area contributed by atoms with Gasteiger partial charge in [-0.25, -0.2) is 0 Å². The number of hydrogen-bond donors (Lipinski definition) is 1. The maximum absolute atomic E-state index is 12.4. The first kappa shape index (κ1) is 15.0. The number of carbonyl (C=O) groups excluding carboxylic acids is 1. The first-order valence-electron chi connectivity index (χ1n) is 7.10. The number of hydrogen-bond acceptors (Lipinski definition) is 3. The highest BCUT2D eigenvalue weighted by molar-refractivity contribution is 7.10. The quantitative estimate of drug-likeness (QED) is 0.908. The number of fused-ring (bicyclic) bond motifs is 1. The number of thiophene rings is 1. The Balaban J connectivity index is 2.05. The van der Waals surface area contributed by atoms with E-state index in [9.17, 15) is 9.59 Å². The number of amides is 1. The van der Waals surface area contributed by atoms with Crippen LogP contribution in [0.4, 0.5) is 0 Å². The van der Waals surface area contributed by atoms with Crippen molar-refractivity contribution in [1.82, 2.24) is 4.90 Å². The molecule has 1 N–H and O–H groups in total. The summed E-state index contributed by atoms with van der Waals surface area (Å²) in [7, 11) is 0. The fraction of sp³-hybridized carbons (Fsp3) is 0.600. The van der Waals surface area contributed by atoms with Gasteiger partial charge in [-0.3, -0.25) is 9.59 Å². The minimum atomic E-state index is -0.837. The van der Waals surface area contributed by atoms with Crippen LogP contribution in [0, 0.1) is 5.92 Å². The van der Waals surface area contributed by atoms with Gasteiger partial charge < -0.3 is 10.0 Å². The molecule has 0 saturated carbocycles. The molecule has 110 valence electrons. The Kier molecular flexibility index (Phi) is 4.81. The summed E-state index contributed by atoms with van der Waals surface area (Å²) in [6, 6.07) is 2.28. The van der Waals surface area contributed by atoms with Crippen LogP contribution in [0.25, 0.3) is 0 Å². The molecule has 2 atom stereocenters. The molecule has 0 spiro atoms. The molecule has 0 fully saturated rings. The Bertz CT molecular complexity index is 497. The van der Waals surface area contributed by atoms with Crippen LogP contribution in [0.1, 0.15) is 49.6 Å². The van der Waals surface area contributed by atoms with E-state index in [1.165, 1.54) is 10.4 Å². The molecule has 0 saturated heterocycles. The van der Waals surface area contributed by atoms with Crippen molar-refractivity contribution in [2.75, 3.05) is 6.54 Å². The topological polar surface area (TPSA) is 57.6 Å². The lowest BCUT2D eigenvalue weighted by Crippen LogP contribution is -2.40. The summed E-state index contributed by atoms with van der Waals surface area (Å²) < 4.78 is 0. The third kappa shape index (κ3) is 3.20. The van der Waals surface area contributed by atoms with Gasteiger partial charge in [0.15, 0.2) is 0 Å². The zero-order chi connectivity index (χ0) is 14.7. The van der Waals surface area contributed by atoms with Gasteiger partial charge in [0, 0.05) is 24.3 Å². The molecule has 5 heteroatoms. The highest BCUT2D eigenvalue weighted by atomic mass is 32.1. The molecule has 1 aliphatic heterocycles. The SMILES string of the molecule is CCC1c2ccsc2CCN1C(=O)CC(C)CC(=O)O. The van der Waals surface area contributed by atoms with E-state index in [1.54, 1.807) is 11.3 Å². The lowest BCUT2D eigenvalue weighted by atomic mass is 9.95. The van der Waals surface area contributed by atoms with E-state index in [-0.39, 0.29) is 24.3 Å². The van der Waals surface area contributed by atoms with Crippen LogP contribution in [0.15, 0.2) is 11.4 Å². The molecule has 2 rings (SSSR count). The van der Waals surface area contributed by atoms with Crippen molar-refractivity contribution in [3.05, 3.63) is 21.9 Å². The predicted octanol–water partition coefficient (Wildman–Crippen LogP) is 3.08. The van der Waals surface area contributed by atoms with Gasteiger partial charge in [-0.05, 0) is 35.8 Å². The van der Waals surface area contributed by atoms with Crippen LogP contribution in [0.3, 0.4) is 0 Å². The van der Waals surface area contributed by atoms with E-state index in [2.05, 4.69) is 18.4 Å². The maximum atomic E-state index is 12.4. The van der Waals surface area contributed by atoms with Crippen molar-refractivity contribution in [1.29, 1.82) is 0 Å². The maximum Gasteiger partial charge on any atom is 0.303 e. The molecule has 1 aliphatic rings. The third-order valence-corrected chi connectivity index (χ3v) is 4.84. The monoisotopic (exact) mass is 295 g/mol. The van der Waals surface area contributed by atoms with Crippen LogP contribution in [-0.2, 0) is 16.0 Å². The van der Waals surface area contributed by atoms with Crippen molar-refractivity contribution in [3.8, 4) is 0 Å². The highest BCUT2D eigenvalue weighted by Crippen LogP contribution is 2.35. The van der Waals surface area contributed by atoms with Crippen LogP contribution in [0.2, 0.25) is 0 Å². The number of nitrogens with zero attached hydrogens (tertiary/aromatic N) is 1. The average Bonchev–Trinajstić information content (AvgIpc) is 2.84. The van der Waals surface area contributed by atoms with Crippen LogP contribution in [-0.4, -0.2) is 28.4 Å². The number of carbonyl (C=O) groups is 2. The summed E-state index contributed by atoms with van der Waals surface area (Å²) in [4.78, 5) is 26.4. The number of carboxylic acid groups (broad SMARTS) is 1. The normalized spacial score (nSPS) is 19.5. The molecule has 1 aromatic heterocycles. The van der Waals surface area contributed by atoms with E-state index in [0.29, 0.717) is 6.42 Å². The number of carboxylic acids is 1. The standard InChI is InChI=1S/C15H21NO3S/c1-3-12-11-5-7-20-13(11)4-6-16(12)14(17)8-10(2)9-15(18)19/h5,7,10,12H,3-4,6,8-9H2,1-2H3,(H,18,19). The van der Waals surface area contributed by atoms with Gasteiger partial charge in [-0.1, -0.05) is 13.8 Å². The van der Waals surface area contributed by atoms with Gasteiger partial charge in [-0.2, -0.15) is 0 Å². The van der Waals surface area contributed by atoms with Gasteiger partial charge in [0.1, 0.15) is 0 Å². The minimum absolute atomic E-state index is 0.0556. The summed E-state index contributed by atoms with van der Waals surface area (Å²) >= 11 is 1.76. The van der Waals surface area contributed by atoms with Crippen molar-refractivity contribution < 1.29 is 14.7 Å². The lowest BCUT2D eigenvalue weighted by molar-refractivity contribution is -0.139. The molecule has 0 bridgehead atoms. The molecular formula is C15H21NO3S. The van der Waals surface area contributed by atoms with Crippen LogP contribution < -0.4 is 0 Å². The zero-order valence-electron chi connectivity index (χ0n) is 12.0. The van der Waals surface area contributed by atoms with E-state index < -0.39 is 5.97 Å². The van der Waals surface area contributed by atoms with Crippen molar-refractivity contribution >= 4 is 23.2 Å². The predicted molar refractivity (Wildman–Crippen MR) is 78.8 cm³/mol. The average molecular weight is 295 g/mol. The third-order valence-electron chi connectivity index (χ3n) is 3.85. The summed E-state index contributed by atoms with van der Waals surface area (Å²) in [5.41, 5.74) is 1.28. The molecule has 4 nitrogen and oxygen atoms in total. The number of aliphatic carboxylic acids is 1. The molecule has 1 amide bonds. The second-order valence-corrected chi connectivity index (χ2v) is 6.47. The van der Waals surface area contributed by atoms with Gasteiger partial charge in [-0.15, -0.1) is 11.3 Å². The number of rotatable bonds is 5. The Hall–Kier alpha value is -1.36. The summed E-state index contributed by atoms with van der Waals surface area (Å²) in [5.74, 6) is -0.861. The van der Waals surface area contributed by atoms with Crippen molar-refractivity contribution in [3.63, 3.8) is 0 Å². The first-order chi connectivity index (χ1) is 9.52. The largest absolute Gasteiger partial charge is 0.481 e. The molecule has 0 aromatic carbocycles. The van der Waals surface area contributed by atoms with E-state index in [1.807, 2.05) is 11.8 Å². The van der Waals surface area contributed by atoms with Gasteiger partial charge >= 0.3 is 5.97 Å². The van der Waals surface area contributed by atoms with Crippen molar-refractivity contribution in [2.45, 2.75) is 45.6 Å². The van der Waals surface area contributed by atoms with Crippen LogP contribution >= 0.6 is 11.3 Å². The van der Waals surface area contributed by atoms with Gasteiger partial charge in [0.05, 0.1) is 6.04 Å². The molecule has 0 aliphatic carbocycles. The Morgan fingerprint density at radius 2 is 2.25 bits per heavy atom. The molecule has 2 heterocycles. The van der Waals surface area contributed by atoms with E-state index >= 15 is 0 Å². The van der Waals surface area contributed by atoms with Crippen LogP contribution in [0.5, 0.6) is 0 Å². The molecular weight excluding hydrogens is 274 g/mol. The lowest BCUT2D eigenvalue weighted by Gasteiger charge is -2.36. The first-order valence-corrected chi connectivity index (χ1v) is 7.98. The summed E-state index contributed by atoms with van der Waals surface area (Å²) in [6.45, 7) is 4.68. The second kappa shape index (κ2) is 6.39. The zero-order valence-corrected chi connectivity index (χ0v) is 12.8. The van der Waals surface area contributed by atoms with Gasteiger partial charge in [0.2, 0.25) is 5.91 Å². The summed E-state index contributed by atoms with van der Waals surface area (Å²) in [5, 5.41) is 10.9. The van der Waals surface area contributed by atoms with E-state index in [4.69, 9.17) is 5.11 Å².